The molecule has 3 unspecified atom stereocenters. The zero-order valence-corrected chi connectivity index (χ0v) is 11.7. The largest absolute Gasteiger partial charge is 0.508 e. The van der Waals surface area contributed by atoms with Gasteiger partial charge in [-0.15, -0.1) is 0 Å². The van der Waals surface area contributed by atoms with E-state index in [9.17, 15) is 5.11 Å². The Bertz CT molecular complexity index is 402. The summed E-state index contributed by atoms with van der Waals surface area (Å²) in [5, 5.41) is 13.7. The van der Waals surface area contributed by atoms with Crippen LogP contribution in [0.15, 0.2) is 18.2 Å². The summed E-state index contributed by atoms with van der Waals surface area (Å²) in [6, 6.07) is 6.65. The van der Waals surface area contributed by atoms with E-state index in [1.165, 1.54) is 31.2 Å². The summed E-state index contributed by atoms with van der Waals surface area (Å²) in [5.41, 5.74) is 2.22. The van der Waals surface area contributed by atoms with Gasteiger partial charge >= 0.3 is 0 Å². The number of benzene rings is 1. The van der Waals surface area contributed by atoms with E-state index >= 15 is 0 Å². The molecule has 0 amide bonds. The first-order valence-corrected chi connectivity index (χ1v) is 7.13. The molecular formula is C16H25NO. The Kier molecular flexibility index (Phi) is 4.28. The summed E-state index contributed by atoms with van der Waals surface area (Å²) in [4.78, 5) is 0. The van der Waals surface area contributed by atoms with Crippen molar-refractivity contribution in [1.29, 1.82) is 0 Å². The van der Waals surface area contributed by atoms with Crippen molar-refractivity contribution in [3.8, 4) is 5.75 Å². The van der Waals surface area contributed by atoms with Gasteiger partial charge in [0.1, 0.15) is 5.75 Å². The van der Waals surface area contributed by atoms with E-state index in [1.807, 2.05) is 6.07 Å². The summed E-state index contributed by atoms with van der Waals surface area (Å²) in [7, 11) is 0. The van der Waals surface area contributed by atoms with Gasteiger partial charge in [-0.3, -0.25) is 0 Å². The molecule has 2 heteroatoms. The van der Waals surface area contributed by atoms with Crippen LogP contribution in [0.4, 0.5) is 0 Å². The van der Waals surface area contributed by atoms with E-state index in [0.717, 1.165) is 11.5 Å². The highest BCUT2D eigenvalue weighted by atomic mass is 16.3. The molecule has 0 heterocycles. The molecule has 1 aliphatic rings. The van der Waals surface area contributed by atoms with E-state index < -0.39 is 0 Å². The van der Waals surface area contributed by atoms with Crippen molar-refractivity contribution in [2.45, 2.75) is 58.5 Å². The van der Waals surface area contributed by atoms with Gasteiger partial charge in [0.25, 0.3) is 0 Å². The molecule has 1 aromatic rings. The lowest BCUT2D eigenvalue weighted by Gasteiger charge is -2.32. The van der Waals surface area contributed by atoms with Crippen molar-refractivity contribution in [2.24, 2.45) is 5.92 Å². The van der Waals surface area contributed by atoms with E-state index in [2.05, 4.69) is 32.2 Å². The fourth-order valence-corrected chi connectivity index (χ4v) is 3.00. The number of aromatic hydroxyl groups is 1. The zero-order chi connectivity index (χ0) is 13.1. The van der Waals surface area contributed by atoms with Gasteiger partial charge in [0, 0.05) is 17.6 Å². The average Bonchev–Trinajstić information content (AvgIpc) is 2.35. The number of phenols is 1. The monoisotopic (exact) mass is 247 g/mol. The van der Waals surface area contributed by atoms with E-state index in [4.69, 9.17) is 0 Å². The second-order valence-electron chi connectivity index (χ2n) is 5.82. The minimum absolute atomic E-state index is 0.218. The lowest BCUT2D eigenvalue weighted by molar-refractivity contribution is 0.262. The van der Waals surface area contributed by atoms with Gasteiger partial charge in [0.15, 0.2) is 0 Å². The molecule has 100 valence electrons. The van der Waals surface area contributed by atoms with Gasteiger partial charge in [-0.1, -0.05) is 37.5 Å². The molecule has 0 aliphatic heterocycles. The van der Waals surface area contributed by atoms with Crippen LogP contribution < -0.4 is 5.32 Å². The molecule has 2 rings (SSSR count). The predicted molar refractivity (Wildman–Crippen MR) is 75.8 cm³/mol. The van der Waals surface area contributed by atoms with Crippen LogP contribution in [0.1, 0.15) is 56.7 Å². The van der Waals surface area contributed by atoms with Crippen molar-refractivity contribution < 1.29 is 5.11 Å². The van der Waals surface area contributed by atoms with Crippen molar-refractivity contribution >= 4 is 0 Å². The molecule has 3 atom stereocenters. The fraction of sp³-hybridized carbons (Fsp3) is 0.625. The minimum atomic E-state index is 0.218. The maximum atomic E-state index is 9.96. The molecule has 0 saturated heterocycles. The van der Waals surface area contributed by atoms with Gasteiger partial charge in [-0.2, -0.15) is 0 Å². The molecule has 0 bridgehead atoms. The highest BCUT2D eigenvalue weighted by molar-refractivity contribution is 5.37. The molecule has 1 saturated carbocycles. The summed E-state index contributed by atoms with van der Waals surface area (Å²) in [5.74, 6) is 1.15. The van der Waals surface area contributed by atoms with Crippen molar-refractivity contribution in [3.63, 3.8) is 0 Å². The zero-order valence-electron chi connectivity index (χ0n) is 11.7. The number of phenolic OH excluding ortho intramolecular Hbond substituents is 1. The quantitative estimate of drug-likeness (QED) is 0.848. The first-order valence-electron chi connectivity index (χ1n) is 7.13. The molecule has 1 aromatic carbocycles. The second-order valence-corrected chi connectivity index (χ2v) is 5.82. The Morgan fingerprint density at radius 3 is 2.72 bits per heavy atom. The van der Waals surface area contributed by atoms with Crippen LogP contribution in [-0.4, -0.2) is 11.1 Å². The maximum Gasteiger partial charge on any atom is 0.120 e. The summed E-state index contributed by atoms with van der Waals surface area (Å²) >= 11 is 0. The van der Waals surface area contributed by atoms with Gasteiger partial charge in [0.05, 0.1) is 0 Å². The van der Waals surface area contributed by atoms with Crippen LogP contribution in [0.25, 0.3) is 0 Å². The number of nitrogens with one attached hydrogen (secondary N) is 1. The van der Waals surface area contributed by atoms with E-state index in [0.29, 0.717) is 11.8 Å². The normalized spacial score (nSPS) is 25.9. The van der Waals surface area contributed by atoms with Crippen LogP contribution in [0.5, 0.6) is 5.75 Å². The first kappa shape index (κ1) is 13.4. The highest BCUT2D eigenvalue weighted by Gasteiger charge is 2.23. The second kappa shape index (κ2) is 5.75. The van der Waals surface area contributed by atoms with Gasteiger partial charge in [-0.25, -0.2) is 0 Å². The van der Waals surface area contributed by atoms with E-state index in [-0.39, 0.29) is 6.04 Å². The maximum absolute atomic E-state index is 9.96. The lowest BCUT2D eigenvalue weighted by atomic mass is 9.85. The van der Waals surface area contributed by atoms with Gasteiger partial charge < -0.3 is 10.4 Å². The molecule has 2 nitrogen and oxygen atoms in total. The number of hydrogen-bond acceptors (Lipinski definition) is 2. The predicted octanol–water partition coefficient (Wildman–Crippen LogP) is 3.93. The average molecular weight is 247 g/mol. The molecule has 1 aliphatic carbocycles. The summed E-state index contributed by atoms with van der Waals surface area (Å²) in [6.45, 7) is 6.55. The molecule has 0 radical (unpaired) electrons. The van der Waals surface area contributed by atoms with Crippen molar-refractivity contribution in [1.82, 2.24) is 5.32 Å². The third kappa shape index (κ3) is 3.05. The SMILES string of the molecule is Cc1ccc(O)c(C(C)NC2CCCCC2C)c1. The molecule has 18 heavy (non-hydrogen) atoms. The summed E-state index contributed by atoms with van der Waals surface area (Å²) in [6.07, 6.45) is 5.28. The van der Waals surface area contributed by atoms with Crippen LogP contribution >= 0.6 is 0 Å². The smallest absolute Gasteiger partial charge is 0.120 e. The minimum Gasteiger partial charge on any atom is -0.508 e. The Hall–Kier alpha value is -1.02. The number of hydrogen-bond donors (Lipinski definition) is 2. The van der Waals surface area contributed by atoms with Gasteiger partial charge in [-0.05, 0) is 38.7 Å². The topological polar surface area (TPSA) is 32.3 Å². The standard InChI is InChI=1S/C16H25NO/c1-11-8-9-16(18)14(10-11)13(3)17-15-7-5-4-6-12(15)2/h8-10,12-13,15,17-18H,4-7H2,1-3H3. The first-order chi connectivity index (χ1) is 8.58. The number of aryl methyl sites for hydroxylation is 1. The van der Waals surface area contributed by atoms with Crippen LogP contribution in [0.3, 0.4) is 0 Å². The van der Waals surface area contributed by atoms with Crippen molar-refractivity contribution in [3.05, 3.63) is 29.3 Å². The Morgan fingerprint density at radius 1 is 1.28 bits per heavy atom. The van der Waals surface area contributed by atoms with Gasteiger partial charge in [0.2, 0.25) is 0 Å². The third-order valence-corrected chi connectivity index (χ3v) is 4.23. The Labute approximate surface area is 110 Å². The van der Waals surface area contributed by atoms with E-state index in [1.54, 1.807) is 6.07 Å². The van der Waals surface area contributed by atoms with Crippen molar-refractivity contribution in [2.75, 3.05) is 0 Å². The van der Waals surface area contributed by atoms with Crippen LogP contribution in [-0.2, 0) is 0 Å². The molecular weight excluding hydrogens is 222 g/mol. The molecule has 0 spiro atoms. The lowest BCUT2D eigenvalue weighted by Crippen LogP contribution is -2.38. The molecule has 1 fully saturated rings. The molecule has 0 aromatic heterocycles. The molecule has 2 N–H and O–H groups in total. The Morgan fingerprint density at radius 2 is 2.00 bits per heavy atom. The van der Waals surface area contributed by atoms with Crippen LogP contribution in [0.2, 0.25) is 0 Å². The highest BCUT2D eigenvalue weighted by Crippen LogP contribution is 2.29. The Balaban J connectivity index is 2.06. The summed E-state index contributed by atoms with van der Waals surface area (Å²) < 4.78 is 0. The number of rotatable bonds is 3. The third-order valence-electron chi connectivity index (χ3n) is 4.23. The fourth-order valence-electron chi connectivity index (χ4n) is 3.00. The van der Waals surface area contributed by atoms with Crippen LogP contribution in [0, 0.1) is 12.8 Å².